The summed E-state index contributed by atoms with van der Waals surface area (Å²) in [6.07, 6.45) is 1.24. The van der Waals surface area contributed by atoms with Gasteiger partial charge in [-0.1, -0.05) is 37.6 Å². The second kappa shape index (κ2) is 9.39. The lowest BCUT2D eigenvalue weighted by Crippen LogP contribution is -2.39. The lowest BCUT2D eigenvalue weighted by molar-refractivity contribution is 0.355. The van der Waals surface area contributed by atoms with Gasteiger partial charge in [0, 0.05) is 25.7 Å². The van der Waals surface area contributed by atoms with Crippen LogP contribution in [0.15, 0.2) is 30.3 Å². The fourth-order valence-corrected chi connectivity index (χ4v) is 3.89. The summed E-state index contributed by atoms with van der Waals surface area (Å²) < 4.78 is 5.17. The number of hydrogen-bond donors (Lipinski definition) is 2. The fraction of sp³-hybridized carbons (Fsp3) is 0.450. The molecule has 1 aromatic heterocycles. The van der Waals surface area contributed by atoms with Gasteiger partial charge in [-0.05, 0) is 48.2 Å². The van der Waals surface area contributed by atoms with Crippen LogP contribution in [-0.2, 0) is 6.54 Å². The first-order chi connectivity index (χ1) is 13.4. The number of anilines is 2. The molecule has 0 radical (unpaired) electrons. The van der Waals surface area contributed by atoms with Gasteiger partial charge in [0.25, 0.3) is 0 Å². The zero-order valence-corrected chi connectivity index (χ0v) is 18.0. The molecule has 2 aromatic rings. The second-order valence-electron chi connectivity index (χ2n) is 7.38. The van der Waals surface area contributed by atoms with Gasteiger partial charge in [-0.15, -0.1) is 0 Å². The molecule has 3 rings (SSSR count). The van der Waals surface area contributed by atoms with Crippen molar-refractivity contribution in [3.8, 4) is 5.75 Å². The minimum atomic E-state index is 0.399. The number of piperidine rings is 1. The molecule has 0 saturated carbocycles. The van der Waals surface area contributed by atoms with Crippen molar-refractivity contribution in [2.45, 2.75) is 26.8 Å². The van der Waals surface area contributed by atoms with Crippen molar-refractivity contribution in [3.63, 3.8) is 0 Å². The molecule has 0 unspecified atom stereocenters. The third kappa shape index (κ3) is 5.69. The van der Waals surface area contributed by atoms with E-state index >= 15 is 0 Å². The summed E-state index contributed by atoms with van der Waals surface area (Å²) in [6.45, 7) is 7.06. The van der Waals surface area contributed by atoms with Crippen LogP contribution >= 0.6 is 23.8 Å². The summed E-state index contributed by atoms with van der Waals surface area (Å²) in [5, 5.41) is 7.05. The van der Waals surface area contributed by atoms with Crippen molar-refractivity contribution in [2.75, 3.05) is 30.4 Å². The fourth-order valence-electron chi connectivity index (χ4n) is 3.55. The molecule has 8 heteroatoms. The third-order valence-electron chi connectivity index (χ3n) is 4.71. The first kappa shape index (κ1) is 20.6. The molecular formula is C20H26ClN5OS. The maximum absolute atomic E-state index is 6.23. The highest BCUT2D eigenvalue weighted by Gasteiger charge is 2.23. The van der Waals surface area contributed by atoms with Gasteiger partial charge < -0.3 is 20.3 Å². The van der Waals surface area contributed by atoms with E-state index < -0.39 is 0 Å². The standard InChI is InChI=1S/C20H26ClN5OS/c1-13-8-14(2)12-26(11-13)18-9-17(21)23-19(24-18)25-20(28)22-10-15-4-6-16(27-3)7-5-15/h4-7,9,13-14H,8,10-12H2,1-3H3,(H2,22,23,24,25,28)/t13-,14-/m0/s1. The van der Waals surface area contributed by atoms with Crippen molar-refractivity contribution in [1.29, 1.82) is 0 Å². The van der Waals surface area contributed by atoms with E-state index in [1.165, 1.54) is 6.42 Å². The van der Waals surface area contributed by atoms with E-state index in [2.05, 4.69) is 39.3 Å². The smallest absolute Gasteiger partial charge is 0.232 e. The molecular weight excluding hydrogens is 394 g/mol. The SMILES string of the molecule is COc1ccc(CNC(=S)Nc2nc(Cl)cc(N3C[C@@H](C)C[C@H](C)C3)n2)cc1. The number of benzene rings is 1. The molecule has 0 spiro atoms. The van der Waals surface area contributed by atoms with Crippen molar-refractivity contribution in [1.82, 2.24) is 15.3 Å². The Labute approximate surface area is 176 Å². The van der Waals surface area contributed by atoms with E-state index in [0.717, 1.165) is 30.2 Å². The van der Waals surface area contributed by atoms with Gasteiger partial charge in [-0.2, -0.15) is 4.98 Å². The number of hydrogen-bond acceptors (Lipinski definition) is 5. The number of methoxy groups -OCH3 is 1. The highest BCUT2D eigenvalue weighted by atomic mass is 35.5. The first-order valence-electron chi connectivity index (χ1n) is 9.40. The van der Waals surface area contributed by atoms with E-state index in [4.69, 9.17) is 28.6 Å². The maximum Gasteiger partial charge on any atom is 0.232 e. The van der Waals surface area contributed by atoms with Crippen LogP contribution < -0.4 is 20.3 Å². The molecule has 1 aromatic carbocycles. The van der Waals surface area contributed by atoms with Crippen molar-refractivity contribution in [2.24, 2.45) is 11.8 Å². The number of thiocarbonyl (C=S) groups is 1. The van der Waals surface area contributed by atoms with Crippen LogP contribution in [0.5, 0.6) is 5.75 Å². The molecule has 0 amide bonds. The number of aromatic nitrogens is 2. The third-order valence-corrected chi connectivity index (χ3v) is 5.15. The molecule has 1 aliphatic rings. The van der Waals surface area contributed by atoms with E-state index in [0.29, 0.717) is 34.6 Å². The highest BCUT2D eigenvalue weighted by molar-refractivity contribution is 7.80. The van der Waals surface area contributed by atoms with Crippen LogP contribution in [0.25, 0.3) is 0 Å². The number of ether oxygens (including phenoxy) is 1. The Balaban J connectivity index is 1.61. The average Bonchev–Trinajstić information content (AvgIpc) is 2.65. The Morgan fingerprint density at radius 2 is 1.89 bits per heavy atom. The quantitative estimate of drug-likeness (QED) is 0.558. The number of rotatable bonds is 5. The summed E-state index contributed by atoms with van der Waals surface area (Å²) in [5.74, 6) is 3.31. The van der Waals surface area contributed by atoms with Crippen LogP contribution in [-0.4, -0.2) is 35.3 Å². The Morgan fingerprint density at radius 1 is 1.21 bits per heavy atom. The molecule has 2 atom stereocenters. The molecule has 6 nitrogen and oxygen atoms in total. The Bertz CT molecular complexity index is 807. The second-order valence-corrected chi connectivity index (χ2v) is 8.17. The van der Waals surface area contributed by atoms with Gasteiger partial charge in [0.05, 0.1) is 7.11 Å². The van der Waals surface area contributed by atoms with Crippen LogP contribution in [0.4, 0.5) is 11.8 Å². The van der Waals surface area contributed by atoms with Gasteiger partial charge >= 0.3 is 0 Å². The predicted octanol–water partition coefficient (Wildman–Crippen LogP) is 4.11. The van der Waals surface area contributed by atoms with Gasteiger partial charge in [0.1, 0.15) is 16.7 Å². The van der Waals surface area contributed by atoms with Crippen LogP contribution in [0.1, 0.15) is 25.8 Å². The van der Waals surface area contributed by atoms with Crippen molar-refractivity contribution >= 4 is 40.7 Å². The zero-order chi connectivity index (χ0) is 20.1. The van der Waals surface area contributed by atoms with E-state index in [9.17, 15) is 0 Å². The Kier molecular flexibility index (Phi) is 6.91. The van der Waals surface area contributed by atoms with Gasteiger partial charge in [-0.25, -0.2) is 4.98 Å². The van der Waals surface area contributed by atoms with Crippen LogP contribution in [0, 0.1) is 11.8 Å². The summed E-state index contributed by atoms with van der Waals surface area (Å²) in [4.78, 5) is 11.1. The lowest BCUT2D eigenvalue weighted by Gasteiger charge is -2.35. The van der Waals surface area contributed by atoms with E-state index in [1.54, 1.807) is 7.11 Å². The predicted molar refractivity (Wildman–Crippen MR) is 118 cm³/mol. The van der Waals surface area contributed by atoms with Crippen molar-refractivity contribution in [3.05, 3.63) is 41.0 Å². The number of halogens is 1. The molecule has 28 heavy (non-hydrogen) atoms. The molecule has 1 aliphatic heterocycles. The number of nitrogens with zero attached hydrogens (tertiary/aromatic N) is 3. The zero-order valence-electron chi connectivity index (χ0n) is 16.4. The lowest BCUT2D eigenvalue weighted by atomic mass is 9.92. The van der Waals surface area contributed by atoms with Crippen LogP contribution in [0.3, 0.4) is 0 Å². The Morgan fingerprint density at radius 3 is 2.54 bits per heavy atom. The summed E-state index contributed by atoms with van der Waals surface area (Å²) >= 11 is 11.6. The topological polar surface area (TPSA) is 62.3 Å². The molecule has 2 heterocycles. The highest BCUT2D eigenvalue weighted by Crippen LogP contribution is 2.27. The molecule has 0 aliphatic carbocycles. The summed E-state index contributed by atoms with van der Waals surface area (Å²) in [5.41, 5.74) is 1.09. The first-order valence-corrected chi connectivity index (χ1v) is 10.2. The Hall–Kier alpha value is -2.12. The van der Waals surface area contributed by atoms with Gasteiger partial charge in [-0.3, -0.25) is 0 Å². The van der Waals surface area contributed by atoms with E-state index in [1.807, 2.05) is 30.3 Å². The van der Waals surface area contributed by atoms with Gasteiger partial charge in [0.15, 0.2) is 5.11 Å². The average molecular weight is 420 g/mol. The summed E-state index contributed by atoms with van der Waals surface area (Å²) in [6, 6.07) is 9.62. The molecule has 150 valence electrons. The number of nitrogens with one attached hydrogen (secondary N) is 2. The molecule has 2 N–H and O–H groups in total. The monoisotopic (exact) mass is 419 g/mol. The molecule has 1 saturated heterocycles. The minimum Gasteiger partial charge on any atom is -0.497 e. The van der Waals surface area contributed by atoms with Gasteiger partial charge in [0.2, 0.25) is 5.95 Å². The normalized spacial score (nSPS) is 19.2. The maximum atomic E-state index is 6.23. The van der Waals surface area contributed by atoms with Crippen LogP contribution in [0.2, 0.25) is 5.15 Å². The van der Waals surface area contributed by atoms with E-state index in [-0.39, 0.29) is 0 Å². The van der Waals surface area contributed by atoms with Crippen molar-refractivity contribution < 1.29 is 4.74 Å². The molecule has 0 bridgehead atoms. The minimum absolute atomic E-state index is 0.399. The largest absolute Gasteiger partial charge is 0.497 e. The summed E-state index contributed by atoms with van der Waals surface area (Å²) in [7, 11) is 1.65. The molecule has 1 fully saturated rings.